The van der Waals surface area contributed by atoms with Gasteiger partial charge in [0.1, 0.15) is 11.4 Å². The topological polar surface area (TPSA) is 50.4 Å². The normalized spacial score (nSPS) is 21.3. The van der Waals surface area contributed by atoms with E-state index in [1.54, 1.807) is 6.07 Å². The van der Waals surface area contributed by atoms with E-state index in [4.69, 9.17) is 4.74 Å². The Morgan fingerprint density at radius 3 is 2.70 bits per heavy atom. The van der Waals surface area contributed by atoms with Gasteiger partial charge in [-0.2, -0.15) is 0 Å². The number of nitrogens with one attached hydrogen (secondary N) is 2. The molecule has 1 aromatic rings. The Kier molecular flexibility index (Phi) is 6.03. The lowest BCUT2D eigenvalue weighted by Gasteiger charge is -2.25. The van der Waals surface area contributed by atoms with Crippen molar-refractivity contribution >= 4 is 22.0 Å². The van der Waals surface area contributed by atoms with Crippen LogP contribution >= 0.6 is 15.9 Å². The van der Waals surface area contributed by atoms with Gasteiger partial charge in [-0.3, -0.25) is 0 Å². The van der Waals surface area contributed by atoms with E-state index in [9.17, 15) is 9.18 Å². The van der Waals surface area contributed by atoms with Crippen molar-refractivity contribution in [2.75, 3.05) is 0 Å². The summed E-state index contributed by atoms with van der Waals surface area (Å²) in [6, 6.07) is 5.32. The lowest BCUT2D eigenvalue weighted by molar-refractivity contribution is 0.0498. The molecule has 2 atom stereocenters. The van der Waals surface area contributed by atoms with Crippen molar-refractivity contribution in [2.24, 2.45) is 0 Å². The molecule has 6 heteroatoms. The van der Waals surface area contributed by atoms with Gasteiger partial charge in [0.05, 0.1) is 4.47 Å². The molecule has 0 bridgehead atoms. The third-order valence-corrected chi connectivity index (χ3v) is 4.41. The molecule has 2 unspecified atom stereocenters. The number of carbonyl (C=O) groups excluding carboxylic acids is 1. The summed E-state index contributed by atoms with van der Waals surface area (Å²) < 4.78 is 19.3. The Bertz CT molecular complexity index is 560. The molecule has 1 amide bonds. The summed E-state index contributed by atoms with van der Waals surface area (Å²) in [6.07, 6.45) is 2.57. The number of halogens is 2. The van der Waals surface area contributed by atoms with E-state index in [-0.39, 0.29) is 24.0 Å². The van der Waals surface area contributed by atoms with Crippen LogP contribution in [0.25, 0.3) is 0 Å². The van der Waals surface area contributed by atoms with Gasteiger partial charge in [-0.05, 0) is 73.7 Å². The third kappa shape index (κ3) is 5.77. The SMILES string of the molecule is CC(C)(C)OC(=O)NC1CCCC1NCc1ccc(Br)c(F)c1. The Morgan fingerprint density at radius 1 is 1.35 bits per heavy atom. The van der Waals surface area contributed by atoms with Crippen LogP contribution in [0, 0.1) is 5.82 Å². The fourth-order valence-electron chi connectivity index (χ4n) is 2.73. The van der Waals surface area contributed by atoms with Crippen LogP contribution in [0.15, 0.2) is 22.7 Å². The standard InChI is InChI=1S/C17H24BrFN2O2/c1-17(2,3)23-16(22)21-15-6-4-5-14(15)20-10-11-7-8-12(18)13(19)9-11/h7-9,14-15,20H,4-6,10H2,1-3H3,(H,21,22). The number of hydrogen-bond donors (Lipinski definition) is 2. The molecule has 128 valence electrons. The van der Waals surface area contributed by atoms with Crippen LogP contribution in [0.1, 0.15) is 45.6 Å². The highest BCUT2D eigenvalue weighted by Crippen LogP contribution is 2.21. The van der Waals surface area contributed by atoms with Gasteiger partial charge in [-0.25, -0.2) is 9.18 Å². The summed E-state index contributed by atoms with van der Waals surface area (Å²) in [7, 11) is 0. The maximum Gasteiger partial charge on any atom is 0.407 e. The number of alkyl carbamates (subject to hydrolysis) is 1. The second-order valence-corrected chi connectivity index (χ2v) is 7.77. The van der Waals surface area contributed by atoms with Crippen LogP contribution in [0.3, 0.4) is 0 Å². The molecule has 1 aromatic carbocycles. The lowest BCUT2D eigenvalue weighted by atomic mass is 10.1. The van der Waals surface area contributed by atoms with Crippen molar-refractivity contribution in [3.05, 3.63) is 34.1 Å². The van der Waals surface area contributed by atoms with Crippen molar-refractivity contribution in [1.29, 1.82) is 0 Å². The number of amides is 1. The highest BCUT2D eigenvalue weighted by molar-refractivity contribution is 9.10. The molecule has 0 heterocycles. The minimum Gasteiger partial charge on any atom is -0.444 e. The molecule has 0 spiro atoms. The predicted octanol–water partition coefficient (Wildman–Crippen LogP) is 4.12. The van der Waals surface area contributed by atoms with E-state index in [2.05, 4.69) is 26.6 Å². The molecule has 1 aliphatic rings. The zero-order chi connectivity index (χ0) is 17.0. The molecule has 0 aliphatic heterocycles. The first-order valence-corrected chi connectivity index (χ1v) is 8.71. The molecule has 1 saturated carbocycles. The molecule has 4 nitrogen and oxygen atoms in total. The van der Waals surface area contributed by atoms with E-state index < -0.39 is 5.60 Å². The number of carbonyl (C=O) groups is 1. The molecule has 1 fully saturated rings. The number of rotatable bonds is 4. The van der Waals surface area contributed by atoms with Crippen LogP contribution in [0.5, 0.6) is 0 Å². The zero-order valence-electron chi connectivity index (χ0n) is 13.8. The van der Waals surface area contributed by atoms with Gasteiger partial charge in [0.15, 0.2) is 0 Å². The first-order valence-electron chi connectivity index (χ1n) is 7.91. The van der Waals surface area contributed by atoms with Crippen molar-refractivity contribution in [3.63, 3.8) is 0 Å². The number of hydrogen-bond acceptors (Lipinski definition) is 3. The highest BCUT2D eigenvalue weighted by Gasteiger charge is 2.29. The molecule has 2 N–H and O–H groups in total. The van der Waals surface area contributed by atoms with Crippen LogP contribution in [-0.4, -0.2) is 23.8 Å². The number of ether oxygens (including phenoxy) is 1. The Labute approximate surface area is 145 Å². The van der Waals surface area contributed by atoms with Crippen molar-refractivity contribution in [3.8, 4) is 0 Å². The van der Waals surface area contributed by atoms with E-state index in [1.165, 1.54) is 6.07 Å². The quantitative estimate of drug-likeness (QED) is 0.817. The van der Waals surface area contributed by atoms with E-state index in [0.717, 1.165) is 24.8 Å². The maximum absolute atomic E-state index is 13.5. The largest absolute Gasteiger partial charge is 0.444 e. The molecule has 23 heavy (non-hydrogen) atoms. The molecular formula is C17H24BrFN2O2. The summed E-state index contributed by atoms with van der Waals surface area (Å²) in [5, 5.41) is 6.35. The van der Waals surface area contributed by atoms with E-state index in [1.807, 2.05) is 26.8 Å². The molecule has 0 radical (unpaired) electrons. The van der Waals surface area contributed by atoms with Crippen LogP contribution in [0.2, 0.25) is 0 Å². The Hall–Kier alpha value is -1.14. The molecule has 0 aromatic heterocycles. The molecular weight excluding hydrogens is 363 g/mol. The Morgan fingerprint density at radius 2 is 2.04 bits per heavy atom. The first kappa shape index (κ1) is 18.2. The molecule has 1 aliphatic carbocycles. The van der Waals surface area contributed by atoms with E-state index >= 15 is 0 Å². The fraction of sp³-hybridized carbons (Fsp3) is 0.588. The minimum absolute atomic E-state index is 0.0464. The minimum atomic E-state index is -0.499. The van der Waals surface area contributed by atoms with Gasteiger partial charge in [-0.15, -0.1) is 0 Å². The van der Waals surface area contributed by atoms with Crippen LogP contribution in [-0.2, 0) is 11.3 Å². The summed E-state index contributed by atoms with van der Waals surface area (Å²) in [5.74, 6) is -0.265. The number of benzene rings is 1. The summed E-state index contributed by atoms with van der Waals surface area (Å²) in [5.41, 5.74) is 0.384. The smallest absolute Gasteiger partial charge is 0.407 e. The van der Waals surface area contributed by atoms with Gasteiger partial charge >= 0.3 is 6.09 Å². The summed E-state index contributed by atoms with van der Waals surface area (Å²) in [4.78, 5) is 11.9. The van der Waals surface area contributed by atoms with Crippen molar-refractivity contribution in [2.45, 2.75) is 64.3 Å². The van der Waals surface area contributed by atoms with Crippen molar-refractivity contribution < 1.29 is 13.9 Å². The average Bonchev–Trinajstić information content (AvgIpc) is 2.85. The lowest BCUT2D eigenvalue weighted by Crippen LogP contribution is -2.47. The van der Waals surface area contributed by atoms with Gasteiger partial charge in [0.25, 0.3) is 0 Å². The fourth-order valence-corrected chi connectivity index (χ4v) is 2.98. The van der Waals surface area contributed by atoms with Crippen LogP contribution < -0.4 is 10.6 Å². The molecule has 2 rings (SSSR count). The second-order valence-electron chi connectivity index (χ2n) is 6.92. The van der Waals surface area contributed by atoms with Gasteiger partial charge < -0.3 is 15.4 Å². The average molecular weight is 387 g/mol. The third-order valence-electron chi connectivity index (χ3n) is 3.77. The summed E-state index contributed by atoms with van der Waals surface area (Å²) in [6.45, 7) is 6.11. The first-order chi connectivity index (χ1) is 10.7. The zero-order valence-corrected chi connectivity index (χ0v) is 15.4. The van der Waals surface area contributed by atoms with Gasteiger partial charge in [-0.1, -0.05) is 6.07 Å². The van der Waals surface area contributed by atoms with Gasteiger partial charge in [0.2, 0.25) is 0 Å². The monoisotopic (exact) mass is 386 g/mol. The second kappa shape index (κ2) is 7.62. The highest BCUT2D eigenvalue weighted by atomic mass is 79.9. The maximum atomic E-state index is 13.5. The Balaban J connectivity index is 1.86. The van der Waals surface area contributed by atoms with E-state index in [0.29, 0.717) is 11.0 Å². The summed E-state index contributed by atoms with van der Waals surface area (Å²) >= 11 is 3.15. The molecule has 0 saturated heterocycles. The van der Waals surface area contributed by atoms with Crippen molar-refractivity contribution in [1.82, 2.24) is 10.6 Å². The van der Waals surface area contributed by atoms with Crippen LogP contribution in [0.4, 0.5) is 9.18 Å². The predicted molar refractivity (Wildman–Crippen MR) is 91.7 cm³/mol. The van der Waals surface area contributed by atoms with Gasteiger partial charge in [0, 0.05) is 18.6 Å².